The number of hydrogen-bond donors (Lipinski definition) is 4. The monoisotopic (exact) mass is 548 g/mol. The van der Waals surface area contributed by atoms with Gasteiger partial charge in [-0.2, -0.15) is 8.42 Å². The second-order valence-corrected chi connectivity index (χ2v) is 10.9. The highest BCUT2D eigenvalue weighted by atomic mass is 35.5. The van der Waals surface area contributed by atoms with Gasteiger partial charge in [0, 0.05) is 5.56 Å². The van der Waals surface area contributed by atoms with Crippen molar-refractivity contribution in [3.8, 4) is 0 Å². The van der Waals surface area contributed by atoms with Gasteiger partial charge in [0.2, 0.25) is 5.78 Å². The Morgan fingerprint density at radius 3 is 2.58 bits per heavy atom. The zero-order valence-corrected chi connectivity index (χ0v) is 20.8. The van der Waals surface area contributed by atoms with Gasteiger partial charge in [0.1, 0.15) is 39.8 Å². The van der Waals surface area contributed by atoms with Crippen molar-refractivity contribution in [3.05, 3.63) is 81.0 Å². The summed E-state index contributed by atoms with van der Waals surface area (Å²) in [5, 5.41) is 20.7. The Bertz CT molecular complexity index is 1620. The molecule has 0 unspecified atom stereocenters. The standard InChI is InChI=1S/C23H18ClFN4O5S2/c1-11(30)22(26)29-36(33,34)17-10-12(6-7-13(17)25)20(31)19(21(32)16-8-9-18(24)35-16)23-27-14-4-2-3-5-15(14)28-23/h2-11,30-31H,1H3,(H2,26,29)(H,27,28)/b20-19-/t11-/m1/s1. The van der Waals surface area contributed by atoms with Crippen LogP contribution in [-0.4, -0.2) is 46.3 Å². The van der Waals surface area contributed by atoms with Crippen molar-refractivity contribution in [1.82, 2.24) is 9.97 Å². The zero-order chi connectivity index (χ0) is 26.2. The normalized spacial score (nSPS) is 14.1. The predicted molar refractivity (Wildman–Crippen MR) is 136 cm³/mol. The molecule has 2 aromatic heterocycles. The van der Waals surface area contributed by atoms with E-state index in [1.54, 1.807) is 24.3 Å². The second-order valence-electron chi connectivity index (χ2n) is 7.57. The number of hydrogen-bond acceptors (Lipinski definition) is 7. The average molecular weight is 549 g/mol. The Kier molecular flexibility index (Phi) is 6.96. The molecule has 9 nitrogen and oxygen atoms in total. The minimum absolute atomic E-state index is 0.00771. The number of aromatic nitrogens is 2. The number of aromatic amines is 1. The summed E-state index contributed by atoms with van der Waals surface area (Å²) in [6.45, 7) is 1.19. The highest BCUT2D eigenvalue weighted by Crippen LogP contribution is 2.33. The first-order valence-electron chi connectivity index (χ1n) is 10.2. The number of amidine groups is 1. The van der Waals surface area contributed by atoms with E-state index in [2.05, 4.69) is 14.4 Å². The number of para-hydroxylation sites is 2. The second kappa shape index (κ2) is 9.82. The Morgan fingerprint density at radius 1 is 1.22 bits per heavy atom. The lowest BCUT2D eigenvalue weighted by Gasteiger charge is -2.10. The first-order valence-corrected chi connectivity index (χ1v) is 12.9. The molecule has 0 aliphatic rings. The van der Waals surface area contributed by atoms with Gasteiger partial charge in [-0.3, -0.25) is 4.79 Å². The van der Waals surface area contributed by atoms with Crippen molar-refractivity contribution in [3.63, 3.8) is 0 Å². The number of aliphatic hydroxyl groups is 2. The van der Waals surface area contributed by atoms with Gasteiger partial charge in [0.25, 0.3) is 10.0 Å². The van der Waals surface area contributed by atoms with Gasteiger partial charge in [-0.05, 0) is 49.4 Å². The molecule has 36 heavy (non-hydrogen) atoms. The van der Waals surface area contributed by atoms with Crippen LogP contribution in [0.15, 0.2) is 63.9 Å². The summed E-state index contributed by atoms with van der Waals surface area (Å²) in [4.78, 5) is 20.1. The Labute approximate surface area is 213 Å². The minimum Gasteiger partial charge on any atom is -0.506 e. The molecule has 0 amide bonds. The van der Waals surface area contributed by atoms with E-state index < -0.39 is 44.2 Å². The van der Waals surface area contributed by atoms with Crippen LogP contribution in [0.2, 0.25) is 4.34 Å². The summed E-state index contributed by atoms with van der Waals surface area (Å²) in [5.74, 6) is -3.11. The van der Waals surface area contributed by atoms with Crippen LogP contribution in [-0.2, 0) is 10.0 Å². The van der Waals surface area contributed by atoms with Crippen LogP contribution in [0.3, 0.4) is 0 Å². The SMILES string of the molecule is C[C@@H](O)/C(N)=N/S(=O)(=O)c1cc(/C(O)=C(\C(=O)c2ccc(Cl)s2)c2nc3ccccc3[nH]2)ccc1F. The molecule has 0 saturated heterocycles. The molecule has 0 radical (unpaired) electrons. The lowest BCUT2D eigenvalue weighted by molar-refractivity contribution is 0.105. The highest BCUT2D eigenvalue weighted by Gasteiger charge is 2.27. The third-order valence-electron chi connectivity index (χ3n) is 5.02. The largest absolute Gasteiger partial charge is 0.506 e. The molecule has 2 aromatic carbocycles. The van der Waals surface area contributed by atoms with Crippen LogP contribution in [0.5, 0.6) is 0 Å². The van der Waals surface area contributed by atoms with Crippen LogP contribution >= 0.6 is 22.9 Å². The van der Waals surface area contributed by atoms with Gasteiger partial charge >= 0.3 is 0 Å². The van der Waals surface area contributed by atoms with Gasteiger partial charge in [-0.25, -0.2) is 9.37 Å². The molecule has 4 rings (SSSR count). The number of nitrogens with zero attached hydrogens (tertiary/aromatic N) is 2. The zero-order valence-electron chi connectivity index (χ0n) is 18.4. The maximum absolute atomic E-state index is 14.5. The van der Waals surface area contributed by atoms with Crippen LogP contribution in [0.25, 0.3) is 22.4 Å². The van der Waals surface area contributed by atoms with E-state index >= 15 is 0 Å². The number of carbonyl (C=O) groups excluding carboxylic acids is 1. The van der Waals surface area contributed by atoms with Crippen molar-refractivity contribution in [2.75, 3.05) is 0 Å². The van der Waals surface area contributed by atoms with Crippen molar-refractivity contribution in [1.29, 1.82) is 0 Å². The molecule has 1 atom stereocenters. The van der Waals surface area contributed by atoms with E-state index in [4.69, 9.17) is 17.3 Å². The average Bonchev–Trinajstić information content (AvgIpc) is 3.45. The fraction of sp³-hybridized carbons (Fsp3) is 0.0870. The van der Waals surface area contributed by atoms with Crippen molar-refractivity contribution >= 4 is 66.9 Å². The summed E-state index contributed by atoms with van der Waals surface area (Å²) in [6.07, 6.45) is -1.39. The number of nitrogens with two attached hydrogens (primary N) is 1. The lowest BCUT2D eigenvalue weighted by atomic mass is 10.0. The van der Waals surface area contributed by atoms with Gasteiger partial charge in [0.15, 0.2) is 0 Å². The maximum atomic E-state index is 14.5. The molecule has 0 aliphatic heterocycles. The van der Waals surface area contributed by atoms with E-state index in [9.17, 15) is 27.8 Å². The highest BCUT2D eigenvalue weighted by molar-refractivity contribution is 7.90. The van der Waals surface area contributed by atoms with Gasteiger partial charge in [0.05, 0.1) is 20.2 Å². The van der Waals surface area contributed by atoms with E-state index in [0.29, 0.717) is 15.4 Å². The molecule has 13 heteroatoms. The molecule has 0 saturated carbocycles. The molecule has 0 bridgehead atoms. The van der Waals surface area contributed by atoms with Crippen LogP contribution in [0.1, 0.15) is 28.0 Å². The number of imidazole rings is 1. The number of H-pyrrole nitrogens is 1. The molecular weight excluding hydrogens is 531 g/mol. The summed E-state index contributed by atoms with van der Waals surface area (Å²) >= 11 is 6.96. The molecule has 5 N–H and O–H groups in total. The number of allylic oxidation sites excluding steroid dienone is 1. The van der Waals surface area contributed by atoms with Gasteiger partial charge in [-0.15, -0.1) is 15.7 Å². The minimum atomic E-state index is -4.70. The van der Waals surface area contributed by atoms with Crippen molar-refractivity contribution < 1.29 is 27.8 Å². The summed E-state index contributed by atoms with van der Waals surface area (Å²) in [7, 11) is -4.70. The number of halogens is 2. The third-order valence-corrected chi connectivity index (χ3v) is 7.57. The Morgan fingerprint density at radius 2 is 1.94 bits per heavy atom. The number of ketones is 1. The fourth-order valence-electron chi connectivity index (χ4n) is 3.21. The number of aliphatic hydroxyl groups excluding tert-OH is 2. The molecule has 186 valence electrons. The van der Waals surface area contributed by atoms with E-state index in [1.807, 2.05) is 0 Å². The summed E-state index contributed by atoms with van der Waals surface area (Å²) in [6, 6.07) is 12.6. The topological polar surface area (TPSA) is 159 Å². The summed E-state index contributed by atoms with van der Waals surface area (Å²) < 4.78 is 43.4. The fourth-order valence-corrected chi connectivity index (χ4v) is 5.32. The first-order chi connectivity index (χ1) is 17.0. The Balaban J connectivity index is 1.93. The number of fused-ring (bicyclic) bond motifs is 1. The smallest absolute Gasteiger partial charge is 0.286 e. The van der Waals surface area contributed by atoms with Crippen LogP contribution in [0, 0.1) is 5.82 Å². The third kappa shape index (κ3) is 5.02. The Hall–Kier alpha value is -3.58. The van der Waals surface area contributed by atoms with Gasteiger partial charge < -0.3 is 20.9 Å². The quantitative estimate of drug-likeness (QED) is 0.0887. The van der Waals surface area contributed by atoms with E-state index in [0.717, 1.165) is 29.5 Å². The molecule has 0 spiro atoms. The van der Waals surface area contributed by atoms with Crippen molar-refractivity contribution in [2.24, 2.45) is 10.1 Å². The van der Waals surface area contributed by atoms with Crippen LogP contribution < -0.4 is 5.73 Å². The van der Waals surface area contributed by atoms with E-state index in [-0.39, 0.29) is 21.8 Å². The lowest BCUT2D eigenvalue weighted by Crippen LogP contribution is -2.27. The molecule has 4 aromatic rings. The van der Waals surface area contributed by atoms with Crippen LogP contribution in [0.4, 0.5) is 4.39 Å². The molecule has 2 heterocycles. The predicted octanol–water partition coefficient (Wildman–Crippen LogP) is 4.15. The number of thiophene rings is 1. The number of carbonyl (C=O) groups is 1. The maximum Gasteiger partial charge on any atom is 0.286 e. The number of sulfonamides is 1. The van der Waals surface area contributed by atoms with Crippen molar-refractivity contribution in [2.45, 2.75) is 17.9 Å². The molecule has 0 fully saturated rings. The number of benzene rings is 2. The number of nitrogens with one attached hydrogen (secondary N) is 1. The number of Topliss-reactive ketones (excluding diaryl/α,β-unsaturated/α-hetero) is 1. The molecular formula is C23H18ClFN4O5S2. The molecule has 0 aliphatic carbocycles. The van der Waals surface area contributed by atoms with E-state index in [1.165, 1.54) is 19.1 Å². The first kappa shape index (κ1) is 25.5. The van der Waals surface area contributed by atoms with Gasteiger partial charge in [-0.1, -0.05) is 23.7 Å². The number of rotatable bonds is 7. The summed E-state index contributed by atoms with van der Waals surface area (Å²) in [5.41, 5.74) is 6.04.